The molecule has 2 saturated heterocycles. The number of nitrogens with zero attached hydrogens (tertiary/aromatic N) is 2. The Labute approximate surface area is 165 Å². The number of hydrogen-bond donors (Lipinski definition) is 1. The maximum absolute atomic E-state index is 9.93. The van der Waals surface area contributed by atoms with Crippen LogP contribution < -0.4 is 4.74 Å². The van der Waals surface area contributed by atoms with Gasteiger partial charge in [-0.3, -0.25) is 4.90 Å². The van der Waals surface area contributed by atoms with Gasteiger partial charge in [0.25, 0.3) is 0 Å². The largest absolute Gasteiger partial charge is 0.496 e. The Morgan fingerprint density at radius 2 is 1.78 bits per heavy atom. The SMILES string of the molecule is COc1cc(C)c(CN2CC(CO)C(CN3CCCCC3)C2)cc1C(C)C. The first-order valence-corrected chi connectivity index (χ1v) is 10.7. The van der Waals surface area contributed by atoms with Crippen molar-refractivity contribution in [2.24, 2.45) is 11.8 Å². The third-order valence-corrected chi connectivity index (χ3v) is 6.53. The molecule has 0 radical (unpaired) electrons. The molecule has 2 fully saturated rings. The molecule has 2 heterocycles. The molecule has 1 aromatic rings. The number of likely N-dealkylation sites (tertiary alicyclic amines) is 2. The number of aliphatic hydroxyl groups is 1. The standard InChI is InChI=1S/C23H38N2O2/c1-17(2)22-11-19(18(3)10-23(22)27-4)12-25-14-20(21(15-25)16-26)13-24-8-6-5-7-9-24/h10-11,17,20-21,26H,5-9,12-16H2,1-4H3. The van der Waals surface area contributed by atoms with Gasteiger partial charge in [-0.05, 0) is 73.4 Å². The van der Waals surface area contributed by atoms with Gasteiger partial charge in [0.2, 0.25) is 0 Å². The van der Waals surface area contributed by atoms with Crippen molar-refractivity contribution in [1.82, 2.24) is 9.80 Å². The summed E-state index contributed by atoms with van der Waals surface area (Å²) in [7, 11) is 1.76. The van der Waals surface area contributed by atoms with E-state index in [9.17, 15) is 5.11 Å². The van der Waals surface area contributed by atoms with E-state index in [4.69, 9.17) is 4.74 Å². The highest BCUT2D eigenvalue weighted by Gasteiger charge is 2.33. The van der Waals surface area contributed by atoms with Gasteiger partial charge in [-0.25, -0.2) is 0 Å². The Morgan fingerprint density at radius 1 is 1.07 bits per heavy atom. The second kappa shape index (κ2) is 9.40. The van der Waals surface area contributed by atoms with Gasteiger partial charge >= 0.3 is 0 Å². The molecule has 2 unspecified atom stereocenters. The Hall–Kier alpha value is -1.10. The second-order valence-corrected chi connectivity index (χ2v) is 8.93. The van der Waals surface area contributed by atoms with Gasteiger partial charge in [-0.15, -0.1) is 0 Å². The maximum Gasteiger partial charge on any atom is 0.122 e. The third-order valence-electron chi connectivity index (χ3n) is 6.53. The quantitative estimate of drug-likeness (QED) is 0.790. The number of piperidine rings is 1. The molecule has 0 saturated carbocycles. The van der Waals surface area contributed by atoms with Gasteiger partial charge in [-0.2, -0.15) is 0 Å². The van der Waals surface area contributed by atoms with Crippen molar-refractivity contribution < 1.29 is 9.84 Å². The Balaban J connectivity index is 1.67. The normalized spacial score (nSPS) is 24.7. The summed E-state index contributed by atoms with van der Waals surface area (Å²) in [5, 5.41) is 9.93. The smallest absolute Gasteiger partial charge is 0.122 e. The number of aryl methyl sites for hydroxylation is 1. The van der Waals surface area contributed by atoms with Crippen LogP contribution in [0.2, 0.25) is 0 Å². The summed E-state index contributed by atoms with van der Waals surface area (Å²) in [6.07, 6.45) is 4.05. The zero-order chi connectivity index (χ0) is 19.4. The summed E-state index contributed by atoms with van der Waals surface area (Å²) in [6.45, 7) is 13.7. The topological polar surface area (TPSA) is 35.9 Å². The molecule has 0 aliphatic carbocycles. The number of hydrogen-bond acceptors (Lipinski definition) is 4. The lowest BCUT2D eigenvalue weighted by atomic mass is 9.95. The molecular weight excluding hydrogens is 336 g/mol. The number of methoxy groups -OCH3 is 1. The first-order valence-electron chi connectivity index (χ1n) is 10.7. The fourth-order valence-corrected chi connectivity index (χ4v) is 4.84. The van der Waals surface area contributed by atoms with Gasteiger partial charge in [0.1, 0.15) is 5.75 Å². The Bertz CT molecular complexity index is 611. The van der Waals surface area contributed by atoms with Gasteiger partial charge in [0.05, 0.1) is 7.11 Å². The van der Waals surface area contributed by atoms with Gasteiger partial charge < -0.3 is 14.7 Å². The lowest BCUT2D eigenvalue weighted by molar-refractivity contribution is 0.149. The first kappa shape index (κ1) is 20.6. The number of ether oxygens (including phenoxy) is 1. The van der Waals surface area contributed by atoms with Crippen LogP contribution in [0.3, 0.4) is 0 Å². The first-order chi connectivity index (χ1) is 13.0. The van der Waals surface area contributed by atoms with Crippen LogP contribution >= 0.6 is 0 Å². The maximum atomic E-state index is 9.93. The Kier molecular flexibility index (Phi) is 7.18. The van der Waals surface area contributed by atoms with E-state index in [2.05, 4.69) is 42.7 Å². The van der Waals surface area contributed by atoms with Gasteiger partial charge in [0, 0.05) is 32.8 Å². The molecule has 2 aliphatic heterocycles. The van der Waals surface area contributed by atoms with Crippen LogP contribution in [0.5, 0.6) is 5.75 Å². The van der Waals surface area contributed by atoms with E-state index in [0.717, 1.165) is 31.9 Å². The molecule has 2 aliphatic rings. The molecule has 0 spiro atoms. The Morgan fingerprint density at radius 3 is 2.41 bits per heavy atom. The molecule has 152 valence electrons. The minimum absolute atomic E-state index is 0.313. The lowest BCUT2D eigenvalue weighted by Crippen LogP contribution is -2.37. The van der Waals surface area contributed by atoms with Crippen LogP contribution in [0.4, 0.5) is 0 Å². The molecule has 0 amide bonds. The van der Waals surface area contributed by atoms with Crippen LogP contribution in [-0.2, 0) is 6.54 Å². The van der Waals surface area contributed by atoms with E-state index < -0.39 is 0 Å². The molecule has 2 atom stereocenters. The molecular formula is C23H38N2O2. The highest BCUT2D eigenvalue weighted by Crippen LogP contribution is 2.32. The average molecular weight is 375 g/mol. The van der Waals surface area contributed by atoms with E-state index in [1.807, 2.05) is 0 Å². The van der Waals surface area contributed by atoms with Gasteiger partial charge in [0.15, 0.2) is 0 Å². The summed E-state index contributed by atoms with van der Waals surface area (Å²) in [5.74, 6) is 2.46. The second-order valence-electron chi connectivity index (χ2n) is 8.93. The fraction of sp³-hybridized carbons (Fsp3) is 0.739. The van der Waals surface area contributed by atoms with Crippen LogP contribution in [0.1, 0.15) is 55.7 Å². The molecule has 1 N–H and O–H groups in total. The zero-order valence-electron chi connectivity index (χ0n) is 17.7. The number of rotatable bonds is 7. The molecule has 4 heteroatoms. The molecule has 1 aromatic carbocycles. The van der Waals surface area contributed by atoms with Crippen molar-refractivity contribution in [2.75, 3.05) is 46.4 Å². The average Bonchev–Trinajstić information content (AvgIpc) is 3.05. The number of benzene rings is 1. The van der Waals surface area contributed by atoms with E-state index in [1.165, 1.54) is 49.0 Å². The minimum atomic E-state index is 0.313. The van der Waals surface area contributed by atoms with E-state index in [-0.39, 0.29) is 0 Å². The molecule has 0 bridgehead atoms. The molecule has 4 nitrogen and oxygen atoms in total. The predicted molar refractivity (Wildman–Crippen MR) is 111 cm³/mol. The highest BCUT2D eigenvalue weighted by atomic mass is 16.5. The van der Waals surface area contributed by atoms with Crippen molar-refractivity contribution in [1.29, 1.82) is 0 Å². The summed E-state index contributed by atoms with van der Waals surface area (Å²) in [5.41, 5.74) is 3.99. The molecule has 0 aromatic heterocycles. The molecule has 3 rings (SSSR count). The van der Waals surface area contributed by atoms with Gasteiger partial charge in [-0.1, -0.05) is 26.3 Å². The van der Waals surface area contributed by atoms with Crippen molar-refractivity contribution >= 4 is 0 Å². The zero-order valence-corrected chi connectivity index (χ0v) is 17.7. The van der Waals surface area contributed by atoms with Crippen molar-refractivity contribution in [3.05, 3.63) is 28.8 Å². The number of aliphatic hydroxyl groups excluding tert-OH is 1. The van der Waals surface area contributed by atoms with E-state index in [0.29, 0.717) is 24.4 Å². The van der Waals surface area contributed by atoms with E-state index >= 15 is 0 Å². The third kappa shape index (κ3) is 5.04. The molecule has 27 heavy (non-hydrogen) atoms. The van der Waals surface area contributed by atoms with Crippen molar-refractivity contribution in [2.45, 2.75) is 52.5 Å². The summed E-state index contributed by atoms with van der Waals surface area (Å²) in [4.78, 5) is 5.17. The van der Waals surface area contributed by atoms with Crippen LogP contribution in [0.15, 0.2) is 12.1 Å². The minimum Gasteiger partial charge on any atom is -0.496 e. The van der Waals surface area contributed by atoms with Crippen LogP contribution in [0, 0.1) is 18.8 Å². The summed E-state index contributed by atoms with van der Waals surface area (Å²) < 4.78 is 5.60. The van der Waals surface area contributed by atoms with Crippen molar-refractivity contribution in [3.8, 4) is 5.75 Å². The van der Waals surface area contributed by atoms with E-state index in [1.54, 1.807) is 7.11 Å². The monoisotopic (exact) mass is 374 g/mol. The lowest BCUT2D eigenvalue weighted by Gasteiger charge is -2.30. The summed E-state index contributed by atoms with van der Waals surface area (Å²) >= 11 is 0. The highest BCUT2D eigenvalue weighted by molar-refractivity contribution is 5.44. The van der Waals surface area contributed by atoms with Crippen LogP contribution in [0.25, 0.3) is 0 Å². The predicted octanol–water partition coefficient (Wildman–Crippen LogP) is 3.65. The van der Waals surface area contributed by atoms with Crippen molar-refractivity contribution in [3.63, 3.8) is 0 Å². The fourth-order valence-electron chi connectivity index (χ4n) is 4.84. The summed E-state index contributed by atoms with van der Waals surface area (Å²) in [6, 6.07) is 4.53. The van der Waals surface area contributed by atoms with Crippen LogP contribution in [-0.4, -0.2) is 61.3 Å².